The van der Waals surface area contributed by atoms with Gasteiger partial charge in [0.1, 0.15) is 0 Å². The van der Waals surface area contributed by atoms with Crippen molar-refractivity contribution in [2.75, 3.05) is 26.2 Å². The minimum absolute atomic E-state index is 0.0156. The summed E-state index contributed by atoms with van der Waals surface area (Å²) in [7, 11) is 0. The zero-order chi connectivity index (χ0) is 18.6. The van der Waals surface area contributed by atoms with Crippen LogP contribution in [0, 0.1) is 5.41 Å². The van der Waals surface area contributed by atoms with Crippen LogP contribution < -0.4 is 16.0 Å². The average Bonchev–Trinajstić information content (AvgIpc) is 2.51. The number of nitrogens with one attached hydrogen (secondary N) is 3. The molecular weight excluding hydrogens is 304 g/mol. The van der Waals surface area contributed by atoms with Crippen LogP contribution in [-0.2, 0) is 4.79 Å². The number of rotatable bonds is 11. The first-order chi connectivity index (χ1) is 11.2. The quantitative estimate of drug-likeness (QED) is 0.342. The Morgan fingerprint density at radius 2 is 1.50 bits per heavy atom. The molecule has 0 heterocycles. The molecular formula is C18H38N4O2. The molecule has 0 aliphatic rings. The van der Waals surface area contributed by atoms with Crippen LogP contribution in [0.4, 0.5) is 0 Å². The van der Waals surface area contributed by atoms with Gasteiger partial charge in [-0.2, -0.15) is 0 Å². The summed E-state index contributed by atoms with van der Waals surface area (Å²) >= 11 is 0. The fourth-order valence-electron chi connectivity index (χ4n) is 2.57. The van der Waals surface area contributed by atoms with Gasteiger partial charge in [0.25, 0.3) is 0 Å². The van der Waals surface area contributed by atoms with Crippen LogP contribution in [0.1, 0.15) is 67.2 Å². The summed E-state index contributed by atoms with van der Waals surface area (Å²) in [5.74, 6) is 0.655. The molecule has 0 bridgehead atoms. The molecule has 0 aromatic rings. The first-order valence-corrected chi connectivity index (χ1v) is 9.27. The second-order valence-corrected chi connectivity index (χ2v) is 7.02. The third-order valence-electron chi connectivity index (χ3n) is 3.96. The van der Waals surface area contributed by atoms with Gasteiger partial charge in [0, 0.05) is 19.6 Å². The summed E-state index contributed by atoms with van der Waals surface area (Å²) in [6.07, 6.45) is 3.35. The van der Waals surface area contributed by atoms with Gasteiger partial charge in [-0.15, -0.1) is 0 Å². The molecule has 142 valence electrons. The van der Waals surface area contributed by atoms with Crippen LogP contribution in [0.3, 0.4) is 0 Å². The summed E-state index contributed by atoms with van der Waals surface area (Å²) in [6.45, 7) is 14.1. The molecule has 4 N–H and O–H groups in total. The van der Waals surface area contributed by atoms with Crippen LogP contribution in [0.25, 0.3) is 0 Å². The van der Waals surface area contributed by atoms with Crippen LogP contribution in [0.15, 0.2) is 4.99 Å². The van der Waals surface area contributed by atoms with E-state index in [9.17, 15) is 9.90 Å². The number of amides is 1. The van der Waals surface area contributed by atoms with Crippen LogP contribution in [0.5, 0.6) is 0 Å². The summed E-state index contributed by atoms with van der Waals surface area (Å²) in [5.41, 5.74) is -1.28. The highest BCUT2D eigenvalue weighted by molar-refractivity contribution is 5.84. The van der Waals surface area contributed by atoms with Gasteiger partial charge < -0.3 is 21.1 Å². The van der Waals surface area contributed by atoms with E-state index < -0.39 is 11.0 Å². The molecule has 0 aromatic carbocycles. The number of hydrogen-bond donors (Lipinski definition) is 4. The van der Waals surface area contributed by atoms with Gasteiger partial charge in [-0.3, -0.25) is 9.79 Å². The Labute approximate surface area is 147 Å². The Kier molecular flexibility index (Phi) is 10.7. The van der Waals surface area contributed by atoms with E-state index in [0.29, 0.717) is 25.6 Å². The Morgan fingerprint density at radius 3 is 1.96 bits per heavy atom. The zero-order valence-corrected chi connectivity index (χ0v) is 16.5. The smallest absolute Gasteiger partial charge is 0.227 e. The molecule has 1 amide bonds. The zero-order valence-electron chi connectivity index (χ0n) is 16.5. The van der Waals surface area contributed by atoms with Gasteiger partial charge in [-0.25, -0.2) is 0 Å². The lowest BCUT2D eigenvalue weighted by molar-refractivity contribution is -0.128. The predicted molar refractivity (Wildman–Crippen MR) is 101 cm³/mol. The maximum atomic E-state index is 12.1. The van der Waals surface area contributed by atoms with Crippen LogP contribution in [0.2, 0.25) is 0 Å². The summed E-state index contributed by atoms with van der Waals surface area (Å²) in [4.78, 5) is 16.6. The number of nitrogens with zero attached hydrogens (tertiary/aromatic N) is 1. The van der Waals surface area contributed by atoms with Gasteiger partial charge in [-0.05, 0) is 40.5 Å². The van der Waals surface area contributed by atoms with Crippen molar-refractivity contribution < 1.29 is 9.90 Å². The lowest BCUT2D eigenvalue weighted by atomic mass is 9.92. The molecule has 0 radical (unpaired) electrons. The molecule has 0 unspecified atom stereocenters. The Morgan fingerprint density at radius 1 is 0.958 bits per heavy atom. The van der Waals surface area contributed by atoms with E-state index in [1.165, 1.54) is 0 Å². The average molecular weight is 343 g/mol. The fourth-order valence-corrected chi connectivity index (χ4v) is 2.57. The van der Waals surface area contributed by atoms with Crippen LogP contribution >= 0.6 is 0 Å². The molecule has 0 saturated heterocycles. The van der Waals surface area contributed by atoms with E-state index in [4.69, 9.17) is 0 Å². The number of carbonyl (C=O) groups is 1. The molecule has 0 rings (SSSR count). The predicted octanol–water partition coefficient (Wildman–Crippen LogP) is 2.04. The SMILES string of the molecule is CCCC(O)(CCC)CN=C(NCC)NCC(C)(C)C(=O)NCC. The largest absolute Gasteiger partial charge is 0.388 e. The summed E-state index contributed by atoms with van der Waals surface area (Å²) in [6, 6.07) is 0. The molecule has 6 nitrogen and oxygen atoms in total. The molecule has 0 fully saturated rings. The number of carbonyl (C=O) groups excluding carboxylic acids is 1. The van der Waals surface area contributed by atoms with Gasteiger partial charge in [0.05, 0.1) is 17.6 Å². The molecule has 0 aliphatic carbocycles. The van der Waals surface area contributed by atoms with Gasteiger partial charge in [-0.1, -0.05) is 26.7 Å². The van der Waals surface area contributed by atoms with E-state index in [1.54, 1.807) is 0 Å². The first kappa shape index (κ1) is 22.7. The van der Waals surface area contributed by atoms with Gasteiger partial charge in [0.2, 0.25) is 5.91 Å². The van der Waals surface area contributed by atoms with E-state index in [0.717, 1.165) is 32.2 Å². The van der Waals surface area contributed by atoms with Crippen molar-refractivity contribution >= 4 is 11.9 Å². The molecule has 0 aliphatic heterocycles. The highest BCUT2D eigenvalue weighted by atomic mass is 16.3. The second-order valence-electron chi connectivity index (χ2n) is 7.02. The Bertz CT molecular complexity index is 388. The van der Waals surface area contributed by atoms with Crippen molar-refractivity contribution in [1.29, 1.82) is 0 Å². The van der Waals surface area contributed by atoms with E-state index >= 15 is 0 Å². The second kappa shape index (κ2) is 11.3. The number of guanidine groups is 1. The van der Waals surface area contributed by atoms with Gasteiger partial charge >= 0.3 is 0 Å². The lowest BCUT2D eigenvalue weighted by Gasteiger charge is -2.27. The molecule has 24 heavy (non-hydrogen) atoms. The third-order valence-corrected chi connectivity index (χ3v) is 3.96. The van der Waals surface area contributed by atoms with Crippen molar-refractivity contribution in [2.24, 2.45) is 10.4 Å². The monoisotopic (exact) mass is 342 g/mol. The number of aliphatic hydroxyl groups is 1. The summed E-state index contributed by atoms with van der Waals surface area (Å²) < 4.78 is 0. The fraction of sp³-hybridized carbons (Fsp3) is 0.889. The molecule has 0 saturated carbocycles. The van der Waals surface area contributed by atoms with Crippen molar-refractivity contribution in [2.45, 2.75) is 72.8 Å². The topological polar surface area (TPSA) is 85.8 Å². The summed E-state index contributed by atoms with van der Waals surface area (Å²) in [5, 5.41) is 19.9. The highest BCUT2D eigenvalue weighted by Gasteiger charge is 2.28. The van der Waals surface area contributed by atoms with E-state index in [2.05, 4.69) is 34.8 Å². The minimum atomic E-state index is -0.749. The van der Waals surface area contributed by atoms with E-state index in [1.807, 2.05) is 27.7 Å². The lowest BCUT2D eigenvalue weighted by Crippen LogP contribution is -2.48. The minimum Gasteiger partial charge on any atom is -0.388 e. The Hall–Kier alpha value is -1.30. The normalized spacial score (nSPS) is 12.9. The molecule has 0 aromatic heterocycles. The van der Waals surface area contributed by atoms with Crippen molar-refractivity contribution in [3.05, 3.63) is 0 Å². The van der Waals surface area contributed by atoms with E-state index in [-0.39, 0.29) is 5.91 Å². The third kappa shape index (κ3) is 8.52. The van der Waals surface area contributed by atoms with Crippen molar-refractivity contribution in [3.8, 4) is 0 Å². The van der Waals surface area contributed by atoms with Gasteiger partial charge in [0.15, 0.2) is 5.96 Å². The molecule has 6 heteroatoms. The van der Waals surface area contributed by atoms with Crippen LogP contribution in [-0.4, -0.2) is 48.8 Å². The number of aliphatic imine (C=N–C) groups is 1. The molecule has 0 spiro atoms. The molecule has 0 atom stereocenters. The maximum absolute atomic E-state index is 12.1. The number of hydrogen-bond acceptors (Lipinski definition) is 3. The Balaban J connectivity index is 4.86. The highest BCUT2D eigenvalue weighted by Crippen LogP contribution is 2.20. The standard InChI is InChI=1S/C18H38N4O2/c1-7-11-18(24,12-8-2)14-22-16(20-10-4)21-13-17(5,6)15(23)19-9-3/h24H,7-14H2,1-6H3,(H,19,23)(H2,20,21,22). The maximum Gasteiger partial charge on any atom is 0.227 e. The first-order valence-electron chi connectivity index (χ1n) is 9.27. The van der Waals surface area contributed by atoms with Crippen molar-refractivity contribution in [3.63, 3.8) is 0 Å². The van der Waals surface area contributed by atoms with Crippen molar-refractivity contribution in [1.82, 2.24) is 16.0 Å².